The molecule has 6 heteroatoms. The minimum atomic E-state index is 0.402. The van der Waals surface area contributed by atoms with Gasteiger partial charge in [-0.2, -0.15) is 5.10 Å². The van der Waals surface area contributed by atoms with Crippen molar-refractivity contribution in [3.05, 3.63) is 33.5 Å². The molecule has 0 saturated carbocycles. The fraction of sp³-hybridized carbons (Fsp3) is 0.600. The molecule has 3 rings (SSSR count). The van der Waals surface area contributed by atoms with Crippen molar-refractivity contribution in [1.82, 2.24) is 19.7 Å². The van der Waals surface area contributed by atoms with E-state index < -0.39 is 0 Å². The van der Waals surface area contributed by atoms with Crippen LogP contribution in [0.25, 0.3) is 0 Å². The molecule has 2 aromatic heterocycles. The Morgan fingerprint density at radius 2 is 2.33 bits per heavy atom. The molecule has 0 fully saturated rings. The zero-order valence-electron chi connectivity index (χ0n) is 12.9. The SMILES string of the molecule is CCn1cc2c(n1)CN(Cc1csc(C)n1)C[C@@H]2COC. The standard InChI is InChI=1S/C15H22N4OS/c1-4-19-7-14-12(9-20-3)5-18(8-15(14)17-19)6-13-10-21-11(2)16-13/h7,10,12H,4-6,8-9H2,1-3H3/t12-/m1/s1. The number of nitrogens with zero attached hydrogens (tertiary/aromatic N) is 4. The lowest BCUT2D eigenvalue weighted by Crippen LogP contribution is -2.34. The molecule has 0 saturated heterocycles. The largest absolute Gasteiger partial charge is 0.384 e. The number of fused-ring (bicyclic) bond motifs is 1. The zero-order valence-corrected chi connectivity index (χ0v) is 13.7. The van der Waals surface area contributed by atoms with Crippen molar-refractivity contribution >= 4 is 11.3 Å². The van der Waals surface area contributed by atoms with Gasteiger partial charge in [0.15, 0.2) is 0 Å². The summed E-state index contributed by atoms with van der Waals surface area (Å²) in [6.07, 6.45) is 2.18. The molecule has 114 valence electrons. The Hall–Kier alpha value is -1.24. The molecule has 0 aliphatic carbocycles. The van der Waals surface area contributed by atoms with Crippen LogP contribution in [-0.4, -0.2) is 39.9 Å². The molecule has 2 aromatic rings. The summed E-state index contributed by atoms with van der Waals surface area (Å²) < 4.78 is 7.44. The topological polar surface area (TPSA) is 43.2 Å². The monoisotopic (exact) mass is 306 g/mol. The van der Waals surface area contributed by atoms with Crippen LogP contribution in [0.1, 0.15) is 34.8 Å². The molecule has 3 heterocycles. The van der Waals surface area contributed by atoms with Gasteiger partial charge in [-0.3, -0.25) is 9.58 Å². The smallest absolute Gasteiger partial charge is 0.0897 e. The number of ether oxygens (including phenoxy) is 1. The number of hydrogen-bond donors (Lipinski definition) is 0. The third kappa shape index (κ3) is 3.17. The molecule has 1 atom stereocenters. The van der Waals surface area contributed by atoms with Gasteiger partial charge in [0.05, 0.1) is 23.0 Å². The number of methoxy groups -OCH3 is 1. The Labute approximate surface area is 129 Å². The number of hydrogen-bond acceptors (Lipinski definition) is 5. The van der Waals surface area contributed by atoms with Gasteiger partial charge in [-0.05, 0) is 13.8 Å². The van der Waals surface area contributed by atoms with Crippen molar-refractivity contribution in [3.8, 4) is 0 Å². The molecule has 0 N–H and O–H groups in total. The average molecular weight is 306 g/mol. The van der Waals surface area contributed by atoms with E-state index in [-0.39, 0.29) is 0 Å². The van der Waals surface area contributed by atoms with Crippen LogP contribution in [0.15, 0.2) is 11.6 Å². The van der Waals surface area contributed by atoms with E-state index >= 15 is 0 Å². The number of aryl methyl sites for hydroxylation is 2. The number of rotatable bonds is 5. The molecule has 1 aliphatic heterocycles. The average Bonchev–Trinajstić information content (AvgIpc) is 3.05. The lowest BCUT2D eigenvalue weighted by Gasteiger charge is -2.31. The van der Waals surface area contributed by atoms with Gasteiger partial charge in [-0.25, -0.2) is 4.98 Å². The highest BCUT2D eigenvalue weighted by Crippen LogP contribution is 2.29. The zero-order chi connectivity index (χ0) is 14.8. The second-order valence-electron chi connectivity index (χ2n) is 5.57. The summed E-state index contributed by atoms with van der Waals surface area (Å²) >= 11 is 1.72. The van der Waals surface area contributed by atoms with Crippen molar-refractivity contribution in [2.75, 3.05) is 20.3 Å². The Bertz CT molecular complexity index is 607. The van der Waals surface area contributed by atoms with E-state index in [0.717, 1.165) is 43.5 Å². The third-order valence-electron chi connectivity index (χ3n) is 3.91. The quantitative estimate of drug-likeness (QED) is 0.851. The van der Waals surface area contributed by atoms with Crippen LogP contribution >= 0.6 is 11.3 Å². The minimum Gasteiger partial charge on any atom is -0.384 e. The lowest BCUT2D eigenvalue weighted by atomic mass is 9.95. The predicted octanol–water partition coefficient (Wildman–Crippen LogP) is 2.41. The van der Waals surface area contributed by atoms with Crippen molar-refractivity contribution in [2.24, 2.45) is 0 Å². The van der Waals surface area contributed by atoms with Gasteiger partial charge in [0.25, 0.3) is 0 Å². The summed E-state index contributed by atoms with van der Waals surface area (Å²) in [5, 5.41) is 7.98. The van der Waals surface area contributed by atoms with Crippen molar-refractivity contribution in [2.45, 2.75) is 39.4 Å². The van der Waals surface area contributed by atoms with E-state index in [0.29, 0.717) is 5.92 Å². The highest BCUT2D eigenvalue weighted by molar-refractivity contribution is 7.09. The number of aromatic nitrogens is 3. The minimum absolute atomic E-state index is 0.402. The molecule has 0 aromatic carbocycles. The summed E-state index contributed by atoms with van der Waals surface area (Å²) in [6.45, 7) is 8.64. The molecule has 0 bridgehead atoms. The van der Waals surface area contributed by atoms with Gasteiger partial charge in [0.2, 0.25) is 0 Å². The molecule has 0 amide bonds. The first kappa shape index (κ1) is 14.7. The van der Waals surface area contributed by atoms with E-state index in [1.165, 1.54) is 11.3 Å². The Kier molecular flexibility index (Phi) is 4.37. The molecule has 5 nitrogen and oxygen atoms in total. The normalized spacial score (nSPS) is 18.9. The summed E-state index contributed by atoms with van der Waals surface area (Å²) in [6, 6.07) is 0. The highest BCUT2D eigenvalue weighted by atomic mass is 32.1. The lowest BCUT2D eigenvalue weighted by molar-refractivity contribution is 0.135. The molecular weight excluding hydrogens is 284 g/mol. The Balaban J connectivity index is 1.79. The van der Waals surface area contributed by atoms with Crippen LogP contribution in [-0.2, 0) is 24.4 Å². The van der Waals surface area contributed by atoms with E-state index in [4.69, 9.17) is 9.84 Å². The summed E-state index contributed by atoms with van der Waals surface area (Å²) in [4.78, 5) is 7.00. The first-order valence-corrected chi connectivity index (χ1v) is 8.26. The van der Waals surface area contributed by atoms with Crippen LogP contribution < -0.4 is 0 Å². The fourth-order valence-electron chi connectivity index (χ4n) is 2.96. The summed E-state index contributed by atoms with van der Waals surface area (Å²) in [5.41, 5.74) is 3.70. The maximum absolute atomic E-state index is 5.41. The Morgan fingerprint density at radius 3 is 3.00 bits per heavy atom. The maximum atomic E-state index is 5.41. The van der Waals surface area contributed by atoms with Gasteiger partial charge in [-0.1, -0.05) is 0 Å². The van der Waals surface area contributed by atoms with Gasteiger partial charge >= 0.3 is 0 Å². The van der Waals surface area contributed by atoms with Crippen LogP contribution in [0.2, 0.25) is 0 Å². The first-order valence-electron chi connectivity index (χ1n) is 7.38. The van der Waals surface area contributed by atoms with E-state index in [1.807, 2.05) is 4.68 Å². The van der Waals surface area contributed by atoms with Gasteiger partial charge in [0.1, 0.15) is 0 Å². The van der Waals surface area contributed by atoms with E-state index in [1.54, 1.807) is 18.4 Å². The molecule has 0 spiro atoms. The highest BCUT2D eigenvalue weighted by Gasteiger charge is 2.28. The van der Waals surface area contributed by atoms with Gasteiger partial charge < -0.3 is 4.74 Å². The summed E-state index contributed by atoms with van der Waals surface area (Å²) in [5.74, 6) is 0.402. The molecule has 21 heavy (non-hydrogen) atoms. The van der Waals surface area contributed by atoms with Crippen LogP contribution in [0.4, 0.5) is 0 Å². The number of thiazole rings is 1. The second-order valence-corrected chi connectivity index (χ2v) is 6.63. The van der Waals surface area contributed by atoms with Crippen molar-refractivity contribution in [3.63, 3.8) is 0 Å². The summed E-state index contributed by atoms with van der Waals surface area (Å²) in [7, 11) is 1.77. The van der Waals surface area contributed by atoms with Crippen LogP contribution in [0.5, 0.6) is 0 Å². The van der Waals surface area contributed by atoms with E-state index in [2.05, 4.69) is 35.3 Å². The van der Waals surface area contributed by atoms with Crippen molar-refractivity contribution in [1.29, 1.82) is 0 Å². The van der Waals surface area contributed by atoms with Crippen LogP contribution in [0, 0.1) is 6.92 Å². The maximum Gasteiger partial charge on any atom is 0.0897 e. The molecule has 1 aliphatic rings. The fourth-order valence-corrected chi connectivity index (χ4v) is 3.57. The van der Waals surface area contributed by atoms with Gasteiger partial charge in [0, 0.05) is 56.3 Å². The van der Waals surface area contributed by atoms with E-state index in [9.17, 15) is 0 Å². The van der Waals surface area contributed by atoms with Gasteiger partial charge in [-0.15, -0.1) is 11.3 Å². The van der Waals surface area contributed by atoms with Crippen molar-refractivity contribution < 1.29 is 4.74 Å². The van der Waals surface area contributed by atoms with Crippen LogP contribution in [0.3, 0.4) is 0 Å². The second kappa shape index (κ2) is 6.25. The predicted molar refractivity (Wildman–Crippen MR) is 83.5 cm³/mol. The molecular formula is C15H22N4OS. The Morgan fingerprint density at radius 1 is 1.48 bits per heavy atom. The third-order valence-corrected chi connectivity index (χ3v) is 4.73. The molecule has 0 radical (unpaired) electrons. The molecule has 0 unspecified atom stereocenters. The first-order chi connectivity index (χ1) is 10.2.